The topological polar surface area (TPSA) is 106 Å². The molecule has 2 heterocycles. The van der Waals surface area contributed by atoms with Crippen molar-refractivity contribution in [3.05, 3.63) is 29.0 Å². The standard InChI is InChI=1S/C18H24ClN5O4S2/c1-12(2)17-21-22-18(23(17)3)29-11-16(25)20-15-10-13(4-5-14(15)19)30(26,27)24-6-8-28-9-7-24/h4-5,10,12H,6-9,11H2,1-3H3,(H,20,25). The lowest BCUT2D eigenvalue weighted by Gasteiger charge is -2.26. The normalized spacial score (nSPS) is 15.5. The SMILES string of the molecule is CC(C)c1nnc(SCC(=O)Nc2cc(S(=O)(=O)N3CCOCC3)ccc2Cl)n1C. The van der Waals surface area contributed by atoms with E-state index in [4.69, 9.17) is 16.3 Å². The number of aromatic nitrogens is 3. The molecule has 3 rings (SSSR count). The molecule has 0 atom stereocenters. The van der Waals surface area contributed by atoms with E-state index < -0.39 is 10.0 Å². The predicted molar refractivity (Wildman–Crippen MR) is 115 cm³/mol. The summed E-state index contributed by atoms with van der Waals surface area (Å²) in [6, 6.07) is 4.29. The van der Waals surface area contributed by atoms with E-state index in [1.807, 2.05) is 25.5 Å². The molecule has 2 aromatic rings. The molecule has 12 heteroatoms. The summed E-state index contributed by atoms with van der Waals surface area (Å²) in [5.41, 5.74) is 0.248. The summed E-state index contributed by atoms with van der Waals surface area (Å²) in [6.45, 7) is 5.33. The van der Waals surface area contributed by atoms with Gasteiger partial charge in [-0.25, -0.2) is 8.42 Å². The largest absolute Gasteiger partial charge is 0.379 e. The van der Waals surface area contributed by atoms with Gasteiger partial charge >= 0.3 is 0 Å². The van der Waals surface area contributed by atoms with Gasteiger partial charge in [0.2, 0.25) is 15.9 Å². The second-order valence-electron chi connectivity index (χ2n) is 7.05. The molecule has 0 radical (unpaired) electrons. The number of benzene rings is 1. The van der Waals surface area contributed by atoms with Crippen LogP contribution >= 0.6 is 23.4 Å². The summed E-state index contributed by atoms with van der Waals surface area (Å²) < 4.78 is 34.1. The Hall–Kier alpha value is -1.66. The van der Waals surface area contributed by atoms with Gasteiger partial charge in [-0.3, -0.25) is 4.79 Å². The van der Waals surface area contributed by atoms with Crippen molar-refractivity contribution in [3.8, 4) is 0 Å². The molecule has 9 nitrogen and oxygen atoms in total. The molecule has 164 valence electrons. The van der Waals surface area contributed by atoms with Crippen LogP contribution in [0.15, 0.2) is 28.3 Å². The molecule has 0 unspecified atom stereocenters. The van der Waals surface area contributed by atoms with E-state index in [1.54, 1.807) is 0 Å². The van der Waals surface area contributed by atoms with Gasteiger partial charge in [-0.2, -0.15) is 4.31 Å². The lowest BCUT2D eigenvalue weighted by molar-refractivity contribution is -0.113. The summed E-state index contributed by atoms with van der Waals surface area (Å²) in [7, 11) is -1.83. The lowest BCUT2D eigenvalue weighted by atomic mass is 10.2. The van der Waals surface area contributed by atoms with Gasteiger partial charge in [0.15, 0.2) is 5.16 Å². The summed E-state index contributed by atoms with van der Waals surface area (Å²) in [5, 5.41) is 11.8. The van der Waals surface area contributed by atoms with Crippen LogP contribution in [0.3, 0.4) is 0 Å². The summed E-state index contributed by atoms with van der Waals surface area (Å²) >= 11 is 7.43. The average Bonchev–Trinajstić information content (AvgIpc) is 3.09. The number of thioether (sulfide) groups is 1. The average molecular weight is 474 g/mol. The molecule has 1 fully saturated rings. The molecule has 1 aliphatic heterocycles. The van der Waals surface area contributed by atoms with Crippen molar-refractivity contribution in [2.75, 3.05) is 37.4 Å². The Kier molecular flexibility index (Phi) is 7.40. The molecule has 1 amide bonds. The number of nitrogens with zero attached hydrogens (tertiary/aromatic N) is 4. The number of carbonyl (C=O) groups is 1. The summed E-state index contributed by atoms with van der Waals surface area (Å²) in [4.78, 5) is 12.5. The van der Waals surface area contributed by atoms with Gasteiger partial charge < -0.3 is 14.6 Å². The smallest absolute Gasteiger partial charge is 0.243 e. The van der Waals surface area contributed by atoms with Crippen molar-refractivity contribution in [3.63, 3.8) is 0 Å². The van der Waals surface area contributed by atoms with Crippen molar-refractivity contribution in [1.29, 1.82) is 0 Å². The second kappa shape index (κ2) is 9.65. The Morgan fingerprint density at radius 3 is 2.63 bits per heavy atom. The maximum Gasteiger partial charge on any atom is 0.243 e. The Bertz CT molecular complexity index is 1020. The minimum Gasteiger partial charge on any atom is -0.379 e. The maximum atomic E-state index is 12.8. The van der Waals surface area contributed by atoms with Gasteiger partial charge in [-0.15, -0.1) is 10.2 Å². The molecule has 1 aromatic heterocycles. The Morgan fingerprint density at radius 2 is 2.00 bits per heavy atom. The zero-order valence-corrected chi connectivity index (χ0v) is 19.4. The first-order valence-corrected chi connectivity index (χ1v) is 12.2. The number of hydrogen-bond donors (Lipinski definition) is 1. The number of carbonyl (C=O) groups excluding carboxylic acids is 1. The third-order valence-electron chi connectivity index (χ3n) is 4.54. The summed E-state index contributed by atoms with van der Waals surface area (Å²) in [5.74, 6) is 0.820. The maximum absolute atomic E-state index is 12.8. The monoisotopic (exact) mass is 473 g/mol. The molecular formula is C18H24ClN5O4S2. The van der Waals surface area contributed by atoms with E-state index in [0.29, 0.717) is 31.5 Å². The van der Waals surface area contributed by atoms with Crippen LogP contribution in [-0.4, -0.2) is 65.5 Å². The number of morpholine rings is 1. The van der Waals surface area contributed by atoms with E-state index in [1.165, 1.54) is 34.3 Å². The number of sulfonamides is 1. The highest BCUT2D eigenvalue weighted by Gasteiger charge is 2.27. The van der Waals surface area contributed by atoms with Crippen LogP contribution in [0.5, 0.6) is 0 Å². The Labute approximate surface area is 185 Å². The van der Waals surface area contributed by atoms with Gasteiger partial charge in [-0.05, 0) is 18.2 Å². The van der Waals surface area contributed by atoms with Crippen LogP contribution in [-0.2, 0) is 26.6 Å². The summed E-state index contributed by atoms with van der Waals surface area (Å²) in [6.07, 6.45) is 0. The van der Waals surface area contributed by atoms with Crippen molar-refractivity contribution in [2.45, 2.75) is 29.8 Å². The lowest BCUT2D eigenvalue weighted by Crippen LogP contribution is -2.40. The van der Waals surface area contributed by atoms with Crippen molar-refractivity contribution in [1.82, 2.24) is 19.1 Å². The fourth-order valence-corrected chi connectivity index (χ4v) is 5.29. The van der Waals surface area contributed by atoms with Gasteiger partial charge in [-0.1, -0.05) is 37.2 Å². The molecule has 0 bridgehead atoms. The first-order chi connectivity index (χ1) is 14.2. The second-order valence-corrected chi connectivity index (χ2v) is 10.3. The number of nitrogens with one attached hydrogen (secondary N) is 1. The van der Waals surface area contributed by atoms with E-state index in [2.05, 4.69) is 15.5 Å². The first kappa shape index (κ1) is 23.0. The van der Waals surface area contributed by atoms with E-state index in [0.717, 1.165) is 5.82 Å². The van der Waals surface area contributed by atoms with Crippen molar-refractivity contribution >= 4 is 45.0 Å². The molecule has 0 saturated carbocycles. The first-order valence-electron chi connectivity index (χ1n) is 9.39. The molecular weight excluding hydrogens is 450 g/mol. The quantitative estimate of drug-likeness (QED) is 0.615. The van der Waals surface area contributed by atoms with E-state index >= 15 is 0 Å². The Morgan fingerprint density at radius 1 is 1.30 bits per heavy atom. The number of ether oxygens (including phenoxy) is 1. The zero-order chi connectivity index (χ0) is 21.9. The van der Waals surface area contributed by atoms with E-state index in [9.17, 15) is 13.2 Å². The predicted octanol–water partition coefficient (Wildman–Crippen LogP) is 2.34. The minimum atomic E-state index is -3.69. The van der Waals surface area contributed by atoms with Crippen LogP contribution in [0.4, 0.5) is 5.69 Å². The van der Waals surface area contributed by atoms with Crippen LogP contribution < -0.4 is 5.32 Å². The number of halogens is 1. The van der Waals surface area contributed by atoms with Gasteiger partial charge in [0.25, 0.3) is 0 Å². The van der Waals surface area contributed by atoms with Gasteiger partial charge in [0, 0.05) is 26.1 Å². The van der Waals surface area contributed by atoms with Gasteiger partial charge in [0.05, 0.1) is 34.6 Å². The molecule has 1 saturated heterocycles. The number of anilines is 1. The molecule has 1 N–H and O–H groups in total. The van der Waals surface area contributed by atoms with Crippen LogP contribution in [0.1, 0.15) is 25.6 Å². The van der Waals surface area contributed by atoms with Crippen LogP contribution in [0.25, 0.3) is 0 Å². The highest BCUT2D eigenvalue weighted by Crippen LogP contribution is 2.28. The van der Waals surface area contributed by atoms with Gasteiger partial charge in [0.1, 0.15) is 5.82 Å². The zero-order valence-electron chi connectivity index (χ0n) is 17.0. The number of hydrogen-bond acceptors (Lipinski definition) is 7. The molecule has 1 aromatic carbocycles. The number of amides is 1. The molecule has 30 heavy (non-hydrogen) atoms. The highest BCUT2D eigenvalue weighted by atomic mass is 35.5. The minimum absolute atomic E-state index is 0.0756. The van der Waals surface area contributed by atoms with Crippen molar-refractivity contribution < 1.29 is 17.9 Å². The molecule has 1 aliphatic rings. The third-order valence-corrected chi connectivity index (χ3v) is 7.78. The molecule has 0 aliphatic carbocycles. The fourth-order valence-electron chi connectivity index (χ4n) is 2.97. The molecule has 0 spiro atoms. The third kappa shape index (κ3) is 5.14. The van der Waals surface area contributed by atoms with Crippen LogP contribution in [0.2, 0.25) is 5.02 Å². The van der Waals surface area contributed by atoms with E-state index in [-0.39, 0.29) is 33.2 Å². The highest BCUT2D eigenvalue weighted by molar-refractivity contribution is 7.99. The Balaban J connectivity index is 1.69. The van der Waals surface area contributed by atoms with Crippen molar-refractivity contribution in [2.24, 2.45) is 7.05 Å². The fraction of sp³-hybridized carbons (Fsp3) is 0.500. The van der Waals surface area contributed by atoms with Crippen LogP contribution in [0, 0.1) is 0 Å². The number of rotatable bonds is 7.